The predicted octanol–water partition coefficient (Wildman–Crippen LogP) is 7.51. The number of hydrogen-bond acceptors (Lipinski definition) is 4. The first-order valence-corrected chi connectivity index (χ1v) is 12.9. The summed E-state index contributed by atoms with van der Waals surface area (Å²) in [6.45, 7) is 2.25. The number of unbranched alkanes of at least 4 members (excludes halogenated alkanes) is 2. The molecule has 2 aromatic carbocycles. The van der Waals surface area contributed by atoms with Crippen LogP contribution in [0.5, 0.6) is 5.75 Å². The van der Waals surface area contributed by atoms with E-state index in [-0.39, 0.29) is 23.4 Å². The molecule has 0 saturated heterocycles. The predicted molar refractivity (Wildman–Crippen MR) is 129 cm³/mol. The van der Waals surface area contributed by atoms with Crippen LogP contribution in [0, 0.1) is 29.4 Å². The van der Waals surface area contributed by atoms with Crippen LogP contribution in [0.3, 0.4) is 0 Å². The van der Waals surface area contributed by atoms with Crippen LogP contribution in [0.15, 0.2) is 42.5 Å². The minimum atomic E-state index is -0.991. The molecule has 4 rings (SSSR count). The van der Waals surface area contributed by atoms with Crippen LogP contribution in [0.1, 0.15) is 91.8 Å². The lowest BCUT2D eigenvalue weighted by atomic mass is 9.66. The van der Waals surface area contributed by atoms with Crippen molar-refractivity contribution >= 4 is 11.9 Å². The first-order chi connectivity index (χ1) is 16.9. The van der Waals surface area contributed by atoms with Crippen LogP contribution >= 0.6 is 0 Å². The lowest BCUT2D eigenvalue weighted by molar-refractivity contribution is -0.00628. The first-order valence-electron chi connectivity index (χ1n) is 12.9. The second kappa shape index (κ2) is 11.8. The van der Waals surface area contributed by atoms with Crippen molar-refractivity contribution in [2.45, 2.75) is 77.2 Å². The maximum absolute atomic E-state index is 13.8. The second-order valence-corrected chi connectivity index (χ2v) is 10.1. The van der Waals surface area contributed by atoms with Gasteiger partial charge in [-0.1, -0.05) is 39.0 Å². The van der Waals surface area contributed by atoms with Gasteiger partial charge in [0, 0.05) is 6.07 Å². The summed E-state index contributed by atoms with van der Waals surface area (Å²) in [7, 11) is 0. The number of carbonyl (C=O) groups is 2. The number of halogens is 2. The van der Waals surface area contributed by atoms with Crippen LogP contribution in [0.4, 0.5) is 8.78 Å². The maximum Gasteiger partial charge on any atom is 0.346 e. The van der Waals surface area contributed by atoms with Crippen molar-refractivity contribution in [2.75, 3.05) is 0 Å². The Labute approximate surface area is 206 Å². The molecular weight excluding hydrogens is 450 g/mol. The Morgan fingerprint density at radius 1 is 0.886 bits per heavy atom. The van der Waals surface area contributed by atoms with Crippen LogP contribution in [0.25, 0.3) is 0 Å². The van der Waals surface area contributed by atoms with E-state index in [9.17, 15) is 18.4 Å². The molecular formula is C29H34F2O4. The summed E-state index contributed by atoms with van der Waals surface area (Å²) in [6, 6.07) is 8.64. The molecule has 2 aliphatic rings. The average Bonchev–Trinajstić information content (AvgIpc) is 2.84. The highest BCUT2D eigenvalue weighted by Crippen LogP contribution is 2.44. The zero-order valence-electron chi connectivity index (χ0n) is 20.3. The SMILES string of the molecule is CCCCC[C@@H]1CC[C@H]2C[C@H](OC(=O)c3ccc(OC(=O)c4ccc(F)cc4F)cc3)CC[C@@H]2C1. The van der Waals surface area contributed by atoms with Crippen molar-refractivity contribution in [3.63, 3.8) is 0 Å². The summed E-state index contributed by atoms with van der Waals surface area (Å²) in [5.74, 6) is -0.636. The van der Waals surface area contributed by atoms with Crippen molar-refractivity contribution in [3.8, 4) is 5.75 Å². The zero-order valence-corrected chi connectivity index (χ0v) is 20.3. The Bertz CT molecular complexity index is 1020. The molecule has 4 nitrogen and oxygen atoms in total. The van der Waals surface area contributed by atoms with Gasteiger partial charge in [0.1, 0.15) is 23.5 Å². The third-order valence-corrected chi connectivity index (χ3v) is 7.61. The van der Waals surface area contributed by atoms with Gasteiger partial charge in [-0.2, -0.15) is 0 Å². The lowest BCUT2D eigenvalue weighted by Gasteiger charge is -2.42. The van der Waals surface area contributed by atoms with Gasteiger partial charge in [-0.05, 0) is 86.3 Å². The number of fused-ring (bicyclic) bond motifs is 1. The number of benzene rings is 2. The van der Waals surface area contributed by atoms with Crippen molar-refractivity contribution in [1.29, 1.82) is 0 Å². The molecule has 6 heteroatoms. The summed E-state index contributed by atoms with van der Waals surface area (Å²) in [4.78, 5) is 24.8. The Morgan fingerprint density at radius 3 is 2.37 bits per heavy atom. The summed E-state index contributed by atoms with van der Waals surface area (Å²) in [6.07, 6.45) is 12.1. The van der Waals surface area contributed by atoms with E-state index in [1.807, 2.05) is 0 Å². The highest BCUT2D eigenvalue weighted by molar-refractivity contribution is 5.92. The summed E-state index contributed by atoms with van der Waals surface area (Å²) in [5, 5.41) is 0. The van der Waals surface area contributed by atoms with Crippen LogP contribution in [-0.4, -0.2) is 18.0 Å². The highest BCUT2D eigenvalue weighted by atomic mass is 19.1. The van der Waals surface area contributed by atoms with Crippen molar-refractivity contribution < 1.29 is 27.8 Å². The van der Waals surface area contributed by atoms with Gasteiger partial charge < -0.3 is 9.47 Å². The van der Waals surface area contributed by atoms with Crippen LogP contribution < -0.4 is 4.74 Å². The summed E-state index contributed by atoms with van der Waals surface area (Å²) in [5.41, 5.74) is 0.0139. The van der Waals surface area contributed by atoms with E-state index in [2.05, 4.69) is 6.92 Å². The van der Waals surface area contributed by atoms with Gasteiger partial charge in [-0.3, -0.25) is 0 Å². The topological polar surface area (TPSA) is 52.6 Å². The largest absolute Gasteiger partial charge is 0.459 e. The molecule has 0 aromatic heterocycles. The van der Waals surface area contributed by atoms with E-state index in [0.29, 0.717) is 17.5 Å². The molecule has 35 heavy (non-hydrogen) atoms. The summed E-state index contributed by atoms with van der Waals surface area (Å²) >= 11 is 0. The molecule has 0 unspecified atom stereocenters. The summed E-state index contributed by atoms with van der Waals surface area (Å²) < 4.78 is 37.8. The highest BCUT2D eigenvalue weighted by Gasteiger charge is 2.36. The normalized spacial score (nSPS) is 23.9. The standard InChI is InChI=1S/C29H34F2O4/c1-2-3-4-5-19-6-7-22-17-25(14-10-21(22)16-19)35-28(32)20-8-12-24(13-9-20)34-29(33)26-15-11-23(30)18-27(26)31/h8-9,11-13,15,18-19,21-22,25H,2-7,10,14,16-17H2,1H3/t19-,21-,22+,25-/m1/s1. The zero-order chi connectivity index (χ0) is 24.8. The monoisotopic (exact) mass is 484 g/mol. The molecule has 0 aliphatic heterocycles. The molecule has 2 aliphatic carbocycles. The number of rotatable bonds is 8. The maximum atomic E-state index is 13.8. The molecule has 0 N–H and O–H groups in total. The molecule has 4 atom stereocenters. The smallest absolute Gasteiger partial charge is 0.346 e. The van der Waals surface area contributed by atoms with Crippen LogP contribution in [0.2, 0.25) is 0 Å². The fourth-order valence-electron chi connectivity index (χ4n) is 5.69. The fourth-order valence-corrected chi connectivity index (χ4v) is 5.69. The minimum absolute atomic E-state index is 0.0562. The number of ether oxygens (including phenoxy) is 2. The second-order valence-electron chi connectivity index (χ2n) is 10.1. The molecule has 0 radical (unpaired) electrons. The van der Waals surface area contributed by atoms with E-state index in [0.717, 1.165) is 43.2 Å². The van der Waals surface area contributed by atoms with E-state index in [4.69, 9.17) is 9.47 Å². The Morgan fingerprint density at radius 2 is 1.63 bits per heavy atom. The number of carbonyl (C=O) groups excluding carboxylic acids is 2. The van der Waals surface area contributed by atoms with E-state index in [1.165, 1.54) is 69.2 Å². The molecule has 2 aromatic rings. The molecule has 0 spiro atoms. The number of esters is 2. The molecule has 2 saturated carbocycles. The van der Waals surface area contributed by atoms with E-state index >= 15 is 0 Å². The third kappa shape index (κ3) is 6.68. The van der Waals surface area contributed by atoms with E-state index in [1.54, 1.807) is 0 Å². The number of hydrogen-bond donors (Lipinski definition) is 0. The van der Waals surface area contributed by atoms with E-state index < -0.39 is 17.6 Å². The molecule has 0 amide bonds. The molecule has 188 valence electrons. The van der Waals surface area contributed by atoms with Gasteiger partial charge >= 0.3 is 11.9 Å². The molecule has 2 fully saturated rings. The van der Waals surface area contributed by atoms with Gasteiger partial charge in [-0.15, -0.1) is 0 Å². The fraction of sp³-hybridized carbons (Fsp3) is 0.517. The molecule has 0 heterocycles. The minimum Gasteiger partial charge on any atom is -0.459 e. The lowest BCUT2D eigenvalue weighted by Crippen LogP contribution is -2.35. The van der Waals surface area contributed by atoms with Gasteiger partial charge in [0.2, 0.25) is 0 Å². The van der Waals surface area contributed by atoms with Crippen molar-refractivity contribution in [1.82, 2.24) is 0 Å². The van der Waals surface area contributed by atoms with Crippen molar-refractivity contribution in [3.05, 3.63) is 65.2 Å². The first kappa shape index (κ1) is 25.3. The van der Waals surface area contributed by atoms with Gasteiger partial charge in [0.25, 0.3) is 0 Å². The van der Waals surface area contributed by atoms with Gasteiger partial charge in [0.15, 0.2) is 0 Å². The molecule has 0 bridgehead atoms. The van der Waals surface area contributed by atoms with Gasteiger partial charge in [-0.25, -0.2) is 18.4 Å². The quantitative estimate of drug-likeness (QED) is 0.221. The third-order valence-electron chi connectivity index (χ3n) is 7.61. The van der Waals surface area contributed by atoms with Crippen LogP contribution in [-0.2, 0) is 4.74 Å². The Kier molecular flexibility index (Phi) is 8.53. The average molecular weight is 485 g/mol. The Balaban J connectivity index is 1.26. The van der Waals surface area contributed by atoms with Crippen molar-refractivity contribution in [2.24, 2.45) is 17.8 Å². The van der Waals surface area contributed by atoms with Gasteiger partial charge in [0.05, 0.1) is 11.1 Å². The Hall–Kier alpha value is -2.76.